The molecule has 0 saturated heterocycles. The van der Waals surface area contributed by atoms with E-state index in [4.69, 9.17) is 9.47 Å². The van der Waals surface area contributed by atoms with Gasteiger partial charge in [-0.25, -0.2) is 14.0 Å². The molecule has 1 aliphatic carbocycles. The van der Waals surface area contributed by atoms with Crippen molar-refractivity contribution in [1.29, 1.82) is 0 Å². The summed E-state index contributed by atoms with van der Waals surface area (Å²) >= 11 is 0. The highest BCUT2D eigenvalue weighted by molar-refractivity contribution is 6.04. The number of halogens is 1. The van der Waals surface area contributed by atoms with Crippen LogP contribution in [0.1, 0.15) is 186 Å². The number of methoxy groups -OCH3 is 1. The van der Waals surface area contributed by atoms with Gasteiger partial charge in [0.2, 0.25) is 0 Å². The van der Waals surface area contributed by atoms with E-state index in [0.717, 1.165) is 35.1 Å². The molecule has 3 aromatic carbocycles. The Balaban J connectivity index is 0.000000574. The first-order valence-electron chi connectivity index (χ1n) is 22.2. The summed E-state index contributed by atoms with van der Waals surface area (Å²) < 4.78 is 26.4. The van der Waals surface area contributed by atoms with Crippen molar-refractivity contribution >= 4 is 29.3 Å². The molecule has 0 amide bonds. The number of aryl methyl sites for hydroxylation is 3. The molecule has 0 aromatic heterocycles. The summed E-state index contributed by atoms with van der Waals surface area (Å²) in [6.45, 7) is 32.3. The average Bonchev–Trinajstić information content (AvgIpc) is 3.21. The van der Waals surface area contributed by atoms with Crippen molar-refractivity contribution in [1.82, 2.24) is 0 Å². The number of carbonyl (C=O) groups is 5. The number of carboxylic acid groups (broad SMARTS) is 1. The van der Waals surface area contributed by atoms with Crippen LogP contribution in [0.15, 0.2) is 35.6 Å². The van der Waals surface area contributed by atoms with Crippen LogP contribution in [0, 0.1) is 67.1 Å². The van der Waals surface area contributed by atoms with Crippen LogP contribution >= 0.6 is 0 Å². The van der Waals surface area contributed by atoms with Crippen molar-refractivity contribution in [3.63, 3.8) is 0 Å². The van der Waals surface area contributed by atoms with Gasteiger partial charge in [0.15, 0.2) is 11.6 Å². The highest BCUT2D eigenvalue weighted by Crippen LogP contribution is 2.37. The molecule has 340 valence electrons. The van der Waals surface area contributed by atoms with E-state index in [0.29, 0.717) is 86.4 Å². The van der Waals surface area contributed by atoms with Gasteiger partial charge in [-0.2, -0.15) is 0 Å². The number of carbonyl (C=O) groups excluding carboxylic acids is 4. The maximum atomic E-state index is 15.2. The quantitative estimate of drug-likeness (QED) is 0.0965. The minimum atomic E-state index is -0.953. The van der Waals surface area contributed by atoms with Crippen molar-refractivity contribution in [2.45, 2.75) is 162 Å². The van der Waals surface area contributed by atoms with Gasteiger partial charge in [-0.1, -0.05) is 73.5 Å². The first-order valence-corrected chi connectivity index (χ1v) is 22.2. The zero-order valence-electron chi connectivity index (χ0n) is 40.9. The number of hydrogen-bond donors (Lipinski definition) is 1. The Labute approximate surface area is 371 Å². The normalized spacial score (nSPS) is 13.5. The summed E-state index contributed by atoms with van der Waals surface area (Å²) in [6, 6.07) is 3.76. The van der Waals surface area contributed by atoms with Crippen molar-refractivity contribution in [3.8, 4) is 5.75 Å². The average molecular weight is 857 g/mol. The Morgan fingerprint density at radius 3 is 1.85 bits per heavy atom. The lowest BCUT2D eigenvalue weighted by Crippen LogP contribution is -2.25. The van der Waals surface area contributed by atoms with Crippen molar-refractivity contribution < 1.29 is 42.9 Å². The van der Waals surface area contributed by atoms with E-state index in [1.165, 1.54) is 24.8 Å². The van der Waals surface area contributed by atoms with E-state index in [1.807, 2.05) is 61.5 Å². The fraction of sp³-hybridized carbons (Fsp3) is 0.491. The molecule has 2 atom stereocenters. The summed E-state index contributed by atoms with van der Waals surface area (Å²) in [7, 11) is 1.43. The van der Waals surface area contributed by atoms with E-state index in [-0.39, 0.29) is 35.7 Å². The number of aromatic carboxylic acids is 1. The Morgan fingerprint density at radius 1 is 0.742 bits per heavy atom. The lowest BCUT2D eigenvalue weighted by molar-refractivity contribution is -0.122. The standard InChI is InChI=1S/C25H32O4.C24H29FO4.2C2H6/c1-9-11-20-15(5)13(3)12-14(4)21(20)25(28)29-23-17(7)16(6)22(24(26)27)18(8)19(23)10-2;1-7-8-19(27)18-10-14(3)22(24(25)16(18)5)15(4)11-20(28)23-13(2)9-17(26)12-21(23)29-6;2*1-2/h12H,9-11H2,1-8H3,(H,26,27);9-10,12,15,23H,7-8,11H2,1-6H3;2*1-2H3. The molecule has 0 aliphatic heterocycles. The fourth-order valence-electron chi connectivity index (χ4n) is 8.29. The zero-order chi connectivity index (χ0) is 47.9. The van der Waals surface area contributed by atoms with Gasteiger partial charge in [0, 0.05) is 24.5 Å². The number of ether oxygens (including phenoxy) is 2. The SMILES string of the molecule is CC.CC.CCCC(=O)c1cc(C)c(C(C)CC(=O)C2C(C)=CC(=O)C=C2OC)c(F)c1C.CCCc1c(C)c(C)cc(C)c1C(=O)Oc1c(C)c(C)c(C(=O)O)c(C)c1CC. The van der Waals surface area contributed by atoms with Crippen LogP contribution in [0.25, 0.3) is 0 Å². The number of rotatable bonds is 14. The van der Waals surface area contributed by atoms with Gasteiger partial charge < -0.3 is 14.6 Å². The summed E-state index contributed by atoms with van der Waals surface area (Å²) in [5.41, 5.74) is 10.5. The second kappa shape index (κ2) is 25.1. The van der Waals surface area contributed by atoms with Crippen molar-refractivity contribution in [3.05, 3.63) is 119 Å². The van der Waals surface area contributed by atoms with Crippen LogP contribution in [0.3, 0.4) is 0 Å². The number of carboxylic acids is 1. The van der Waals surface area contributed by atoms with E-state index in [1.54, 1.807) is 47.6 Å². The molecule has 9 heteroatoms. The van der Waals surface area contributed by atoms with Gasteiger partial charge in [-0.3, -0.25) is 14.4 Å². The maximum absolute atomic E-state index is 15.2. The highest BCUT2D eigenvalue weighted by Gasteiger charge is 2.32. The van der Waals surface area contributed by atoms with Gasteiger partial charge in [0.25, 0.3) is 0 Å². The number of hydrogen-bond acceptors (Lipinski definition) is 7. The third-order valence-electron chi connectivity index (χ3n) is 11.5. The van der Waals surface area contributed by atoms with E-state index < -0.39 is 17.7 Å². The predicted octanol–water partition coefficient (Wildman–Crippen LogP) is 13.2. The first kappa shape index (κ1) is 54.8. The molecule has 8 nitrogen and oxygen atoms in total. The molecule has 4 rings (SSSR count). The summed E-state index contributed by atoms with van der Waals surface area (Å²) in [4.78, 5) is 62.0. The third kappa shape index (κ3) is 12.5. The van der Waals surface area contributed by atoms with Crippen molar-refractivity contribution in [2.24, 2.45) is 5.92 Å². The van der Waals surface area contributed by atoms with Crippen LogP contribution in [0.4, 0.5) is 4.39 Å². The topological polar surface area (TPSA) is 124 Å². The Kier molecular flexibility index (Phi) is 22.2. The van der Waals surface area contributed by atoms with Gasteiger partial charge in [-0.15, -0.1) is 0 Å². The van der Waals surface area contributed by atoms with Crippen molar-refractivity contribution in [2.75, 3.05) is 7.11 Å². The Hall–Kier alpha value is -5.18. The van der Waals surface area contributed by atoms with Crippen LogP contribution < -0.4 is 4.74 Å². The number of Topliss-reactive ketones (excluding diaryl/α,β-unsaturated/α-hetero) is 2. The molecule has 1 N–H and O–H groups in total. The lowest BCUT2D eigenvalue weighted by Gasteiger charge is -2.24. The van der Waals surface area contributed by atoms with E-state index in [9.17, 15) is 29.1 Å². The molecule has 3 aromatic rings. The monoisotopic (exact) mass is 857 g/mol. The number of esters is 1. The largest absolute Gasteiger partial charge is 0.500 e. The highest BCUT2D eigenvalue weighted by atomic mass is 19.1. The minimum Gasteiger partial charge on any atom is -0.500 e. The fourth-order valence-corrected chi connectivity index (χ4v) is 8.29. The molecule has 0 spiro atoms. The third-order valence-corrected chi connectivity index (χ3v) is 11.5. The molecule has 62 heavy (non-hydrogen) atoms. The minimum absolute atomic E-state index is 0.0650. The van der Waals surface area contributed by atoms with Crippen LogP contribution in [0.5, 0.6) is 5.75 Å². The Morgan fingerprint density at radius 2 is 1.34 bits per heavy atom. The maximum Gasteiger partial charge on any atom is 0.344 e. The van der Waals surface area contributed by atoms with Gasteiger partial charge in [0.05, 0.1) is 24.2 Å². The van der Waals surface area contributed by atoms with Crippen LogP contribution in [-0.4, -0.2) is 41.5 Å². The molecule has 1 aliphatic rings. The molecule has 0 bridgehead atoms. The molecule has 0 heterocycles. The summed E-state index contributed by atoms with van der Waals surface area (Å²) in [6.07, 6.45) is 6.28. The molecule has 2 unspecified atom stereocenters. The number of benzene rings is 3. The van der Waals surface area contributed by atoms with Gasteiger partial charge in [0.1, 0.15) is 23.1 Å². The second-order valence-corrected chi connectivity index (χ2v) is 15.7. The molecule has 0 fully saturated rings. The summed E-state index contributed by atoms with van der Waals surface area (Å²) in [5.74, 6) is -2.33. The van der Waals surface area contributed by atoms with E-state index >= 15 is 4.39 Å². The van der Waals surface area contributed by atoms with Crippen LogP contribution in [0.2, 0.25) is 0 Å². The first-order chi connectivity index (χ1) is 29.2. The number of allylic oxidation sites excluding steroid dienone is 3. The molecule has 0 radical (unpaired) electrons. The van der Waals surface area contributed by atoms with Crippen LogP contribution in [-0.2, 0) is 27.2 Å². The molecular weight excluding hydrogens is 784 g/mol. The smallest absolute Gasteiger partial charge is 0.344 e. The predicted molar refractivity (Wildman–Crippen MR) is 250 cm³/mol. The molecule has 0 saturated carbocycles. The summed E-state index contributed by atoms with van der Waals surface area (Å²) in [5, 5.41) is 9.62. The second-order valence-electron chi connectivity index (χ2n) is 15.7. The Bertz CT molecular complexity index is 2200. The zero-order valence-corrected chi connectivity index (χ0v) is 40.9. The van der Waals surface area contributed by atoms with E-state index in [2.05, 4.69) is 20.8 Å². The molecular formula is C53H73FO8. The van der Waals surface area contributed by atoms with Gasteiger partial charge >= 0.3 is 11.9 Å². The number of ketones is 3. The van der Waals surface area contributed by atoms with Gasteiger partial charge in [-0.05, 0) is 161 Å². The lowest BCUT2D eigenvalue weighted by atomic mass is 9.81.